The van der Waals surface area contributed by atoms with E-state index in [1.807, 2.05) is 36.4 Å². The first-order valence-electron chi connectivity index (χ1n) is 12.3. The Morgan fingerprint density at radius 2 is 1.83 bits per heavy atom. The molecule has 8 nitrogen and oxygen atoms in total. The Morgan fingerprint density at radius 3 is 2.58 bits per heavy atom. The summed E-state index contributed by atoms with van der Waals surface area (Å²) >= 11 is 0. The molecule has 0 bridgehead atoms. The van der Waals surface area contributed by atoms with Crippen molar-refractivity contribution in [3.05, 3.63) is 65.9 Å². The van der Waals surface area contributed by atoms with Crippen molar-refractivity contribution in [3.8, 4) is 6.07 Å². The Hall–Kier alpha value is -4.12. The number of amides is 2. The lowest BCUT2D eigenvalue weighted by Crippen LogP contribution is -2.53. The van der Waals surface area contributed by atoms with E-state index in [0.29, 0.717) is 30.0 Å². The van der Waals surface area contributed by atoms with Crippen LogP contribution in [0, 0.1) is 11.3 Å². The fourth-order valence-corrected chi connectivity index (χ4v) is 5.05. The van der Waals surface area contributed by atoms with Gasteiger partial charge in [0, 0.05) is 41.7 Å². The van der Waals surface area contributed by atoms with Gasteiger partial charge in [-0.3, -0.25) is 14.4 Å². The van der Waals surface area contributed by atoms with E-state index in [2.05, 4.69) is 18.3 Å². The number of nitriles is 1. The molecule has 4 rings (SSSR count). The molecule has 0 spiro atoms. The average Bonchev–Trinajstić information content (AvgIpc) is 3.36. The summed E-state index contributed by atoms with van der Waals surface area (Å²) in [7, 11) is 0. The quantitative estimate of drug-likeness (QED) is 0.385. The number of carbonyl (C=O) groups excluding carboxylic acids is 2. The third-order valence-corrected chi connectivity index (χ3v) is 6.78. The van der Waals surface area contributed by atoms with Crippen molar-refractivity contribution in [2.24, 2.45) is 0 Å². The molecule has 8 heteroatoms. The van der Waals surface area contributed by atoms with Gasteiger partial charge in [0.05, 0.1) is 12.5 Å². The number of anilines is 1. The SMILES string of the molecule is CCCCCN1C(=O)C(CCC(=O)O)(NC(=O)c2cc3ccccc3n2CCC#N)c2ccccc21. The van der Waals surface area contributed by atoms with E-state index in [4.69, 9.17) is 5.26 Å². The largest absolute Gasteiger partial charge is 0.481 e. The van der Waals surface area contributed by atoms with Crippen LogP contribution in [0.15, 0.2) is 54.6 Å². The highest BCUT2D eigenvalue weighted by Crippen LogP contribution is 2.43. The number of hydrogen-bond donors (Lipinski definition) is 2. The van der Waals surface area contributed by atoms with Gasteiger partial charge in [0.1, 0.15) is 11.2 Å². The van der Waals surface area contributed by atoms with E-state index < -0.39 is 17.4 Å². The Kier molecular flexibility index (Phi) is 7.39. The molecule has 0 fully saturated rings. The number of nitrogens with one attached hydrogen (secondary N) is 1. The van der Waals surface area contributed by atoms with Gasteiger partial charge in [0.25, 0.3) is 11.8 Å². The van der Waals surface area contributed by atoms with Gasteiger partial charge in [0.15, 0.2) is 0 Å². The predicted octanol–water partition coefficient (Wildman–Crippen LogP) is 4.58. The van der Waals surface area contributed by atoms with Gasteiger partial charge in [-0.2, -0.15) is 5.26 Å². The number of fused-ring (bicyclic) bond motifs is 2. The summed E-state index contributed by atoms with van der Waals surface area (Å²) in [6.07, 6.45) is 2.64. The third-order valence-electron chi connectivity index (χ3n) is 6.78. The monoisotopic (exact) mass is 486 g/mol. The molecule has 186 valence electrons. The highest BCUT2D eigenvalue weighted by atomic mass is 16.4. The van der Waals surface area contributed by atoms with E-state index in [-0.39, 0.29) is 25.2 Å². The van der Waals surface area contributed by atoms with Crippen molar-refractivity contribution in [1.29, 1.82) is 5.26 Å². The van der Waals surface area contributed by atoms with Crippen LogP contribution in [0.4, 0.5) is 5.69 Å². The highest BCUT2D eigenvalue weighted by Gasteiger charge is 2.52. The fourth-order valence-electron chi connectivity index (χ4n) is 5.05. The molecule has 1 aromatic heterocycles. The smallest absolute Gasteiger partial charge is 0.303 e. The second-order valence-corrected chi connectivity index (χ2v) is 9.08. The van der Waals surface area contributed by atoms with Crippen molar-refractivity contribution in [1.82, 2.24) is 9.88 Å². The molecule has 2 heterocycles. The number of aryl methyl sites for hydroxylation is 1. The van der Waals surface area contributed by atoms with Gasteiger partial charge in [0.2, 0.25) is 0 Å². The fraction of sp³-hybridized carbons (Fsp3) is 0.357. The molecule has 2 aromatic carbocycles. The van der Waals surface area contributed by atoms with E-state index in [0.717, 1.165) is 30.2 Å². The van der Waals surface area contributed by atoms with Crippen molar-refractivity contribution in [2.45, 2.75) is 57.5 Å². The summed E-state index contributed by atoms with van der Waals surface area (Å²) in [5, 5.41) is 22.4. The summed E-state index contributed by atoms with van der Waals surface area (Å²) < 4.78 is 1.78. The molecular formula is C28H30N4O4. The minimum absolute atomic E-state index is 0.0629. The average molecular weight is 487 g/mol. The van der Waals surface area contributed by atoms with Gasteiger partial charge >= 0.3 is 5.97 Å². The normalized spacial score (nSPS) is 16.7. The second-order valence-electron chi connectivity index (χ2n) is 9.08. The topological polar surface area (TPSA) is 115 Å². The number of hydrogen-bond acceptors (Lipinski definition) is 4. The molecule has 0 saturated heterocycles. The number of carboxylic acids is 1. The van der Waals surface area contributed by atoms with E-state index in [9.17, 15) is 19.5 Å². The number of unbranched alkanes of at least 4 members (excludes halogenated alkanes) is 2. The number of carboxylic acid groups (broad SMARTS) is 1. The first kappa shape index (κ1) is 25.0. The first-order valence-corrected chi connectivity index (χ1v) is 12.3. The molecule has 1 atom stereocenters. The van der Waals surface area contributed by atoms with Crippen molar-refractivity contribution >= 4 is 34.4 Å². The Bertz CT molecular complexity index is 1340. The van der Waals surface area contributed by atoms with Crippen LogP contribution in [0.25, 0.3) is 10.9 Å². The van der Waals surface area contributed by atoms with Crippen LogP contribution in [-0.2, 0) is 21.7 Å². The van der Waals surface area contributed by atoms with Crippen molar-refractivity contribution in [2.75, 3.05) is 11.4 Å². The first-order chi connectivity index (χ1) is 17.4. The number of aromatic nitrogens is 1. The van der Waals surface area contributed by atoms with Gasteiger partial charge < -0.3 is 19.9 Å². The Morgan fingerprint density at radius 1 is 1.08 bits per heavy atom. The molecule has 0 radical (unpaired) electrons. The van der Waals surface area contributed by atoms with Crippen LogP contribution in [0.2, 0.25) is 0 Å². The number of aliphatic carboxylic acids is 1. The standard InChI is InChI=1S/C28H30N4O4/c1-2-3-8-17-32-23-13-7-5-11-21(23)28(27(32)36,15-14-25(33)34)30-26(35)24-19-20-10-4-6-12-22(20)31(24)18-9-16-29/h4-7,10-13,19H,2-3,8-9,14-15,17-18H2,1H3,(H,30,35)(H,33,34). The predicted molar refractivity (Wildman–Crippen MR) is 137 cm³/mol. The lowest BCUT2D eigenvalue weighted by Gasteiger charge is -2.30. The van der Waals surface area contributed by atoms with E-state index in [1.54, 1.807) is 27.7 Å². The van der Waals surface area contributed by atoms with Gasteiger partial charge in [-0.25, -0.2) is 0 Å². The maximum atomic E-state index is 14.0. The van der Waals surface area contributed by atoms with E-state index >= 15 is 0 Å². The van der Waals surface area contributed by atoms with Crippen LogP contribution in [0.1, 0.15) is 61.5 Å². The molecule has 36 heavy (non-hydrogen) atoms. The lowest BCUT2D eigenvalue weighted by atomic mass is 9.86. The minimum atomic E-state index is -1.49. The number of rotatable bonds is 11. The molecule has 0 aliphatic carbocycles. The summed E-state index contributed by atoms with van der Waals surface area (Å²) in [6, 6.07) is 18.7. The maximum absolute atomic E-state index is 14.0. The highest BCUT2D eigenvalue weighted by molar-refractivity contribution is 6.11. The van der Waals surface area contributed by atoms with Crippen molar-refractivity contribution < 1.29 is 19.5 Å². The third kappa shape index (κ3) is 4.57. The van der Waals surface area contributed by atoms with Gasteiger partial charge in [-0.15, -0.1) is 0 Å². The summed E-state index contributed by atoms with van der Waals surface area (Å²) in [6.45, 7) is 2.90. The van der Waals surface area contributed by atoms with Gasteiger partial charge in [-0.1, -0.05) is 56.2 Å². The number of nitrogens with zero attached hydrogens (tertiary/aromatic N) is 3. The molecule has 3 aromatic rings. The number of carbonyl (C=O) groups is 3. The summed E-state index contributed by atoms with van der Waals surface area (Å²) in [4.78, 5) is 41.0. The van der Waals surface area contributed by atoms with Crippen LogP contribution < -0.4 is 10.2 Å². The van der Waals surface area contributed by atoms with Crippen LogP contribution in [-0.4, -0.2) is 34.0 Å². The molecule has 2 amide bonds. The van der Waals surface area contributed by atoms with Crippen LogP contribution in [0.5, 0.6) is 0 Å². The zero-order valence-corrected chi connectivity index (χ0v) is 20.4. The number of para-hydroxylation sites is 2. The van der Waals surface area contributed by atoms with Crippen LogP contribution in [0.3, 0.4) is 0 Å². The molecule has 2 N–H and O–H groups in total. The van der Waals surface area contributed by atoms with Crippen LogP contribution >= 0.6 is 0 Å². The molecular weight excluding hydrogens is 456 g/mol. The molecule has 1 aliphatic heterocycles. The number of benzene rings is 2. The summed E-state index contributed by atoms with van der Waals surface area (Å²) in [5.74, 6) is -1.83. The second kappa shape index (κ2) is 10.6. The molecule has 1 aliphatic rings. The lowest BCUT2D eigenvalue weighted by molar-refractivity contribution is -0.137. The molecule has 0 saturated carbocycles. The maximum Gasteiger partial charge on any atom is 0.303 e. The summed E-state index contributed by atoms with van der Waals surface area (Å²) in [5.41, 5.74) is 0.970. The van der Waals surface area contributed by atoms with Crippen molar-refractivity contribution in [3.63, 3.8) is 0 Å². The Labute approximate surface area is 210 Å². The molecule has 1 unspecified atom stereocenters. The van der Waals surface area contributed by atoms with Gasteiger partial charge in [-0.05, 0) is 31.0 Å². The minimum Gasteiger partial charge on any atom is -0.481 e. The Balaban J connectivity index is 1.77. The zero-order chi connectivity index (χ0) is 25.7. The van der Waals surface area contributed by atoms with E-state index in [1.165, 1.54) is 0 Å². The zero-order valence-electron chi connectivity index (χ0n) is 20.4.